The van der Waals surface area contributed by atoms with Gasteiger partial charge in [-0.25, -0.2) is 0 Å². The summed E-state index contributed by atoms with van der Waals surface area (Å²) >= 11 is 1.94. The maximum atomic E-state index is 2.63. The largest absolute Gasteiger partial charge is 0.311 e. The third-order valence-electron chi connectivity index (χ3n) is 13.6. The summed E-state index contributed by atoms with van der Waals surface area (Å²) < 4.78 is 0. The molecule has 10 rings (SSSR count). The third-order valence-corrected chi connectivity index (χ3v) is 23.6. The van der Waals surface area contributed by atoms with Crippen molar-refractivity contribution in [1.82, 2.24) is 0 Å². The van der Waals surface area contributed by atoms with E-state index in [0.717, 1.165) is 0 Å². The van der Waals surface area contributed by atoms with E-state index >= 15 is 0 Å². The van der Waals surface area contributed by atoms with E-state index < -0.39 is 16.1 Å². The molecule has 0 aliphatic carbocycles. The van der Waals surface area contributed by atoms with Crippen LogP contribution in [0.15, 0.2) is 161 Å². The van der Waals surface area contributed by atoms with Gasteiger partial charge in [0, 0.05) is 26.9 Å². The summed E-state index contributed by atoms with van der Waals surface area (Å²) in [6, 6.07) is 59.5. The molecular formula is C53H52BNSSi2. The Kier molecular flexibility index (Phi) is 8.98. The van der Waals surface area contributed by atoms with Crippen molar-refractivity contribution in [3.8, 4) is 0 Å². The second-order valence-electron chi connectivity index (χ2n) is 18.2. The van der Waals surface area contributed by atoms with Crippen molar-refractivity contribution in [3.05, 3.63) is 168 Å². The molecule has 1 spiro atoms. The van der Waals surface area contributed by atoms with Crippen molar-refractivity contribution in [2.45, 2.75) is 82.2 Å². The minimum absolute atomic E-state index is 0.182. The van der Waals surface area contributed by atoms with E-state index in [4.69, 9.17) is 0 Å². The van der Waals surface area contributed by atoms with Crippen molar-refractivity contribution in [3.63, 3.8) is 0 Å². The van der Waals surface area contributed by atoms with Crippen LogP contribution in [0.2, 0.25) is 13.1 Å². The zero-order chi connectivity index (χ0) is 40.1. The number of rotatable bonds is 5. The van der Waals surface area contributed by atoms with Crippen LogP contribution in [0.4, 0.5) is 17.1 Å². The molecule has 3 aliphatic heterocycles. The zero-order valence-corrected chi connectivity index (χ0v) is 37.9. The zero-order valence-electron chi connectivity index (χ0n) is 35.1. The number of nitrogens with zero attached hydrogens (tertiary/aromatic N) is 1. The standard InChI is InChI=1S/C53H52BNSSi2/c1-34(2)37-31-39(35(3)4)53(40(32-37)36(5)6)54-41-19-9-14-24-47(41)57(7,8)52-33-38(29-30-42(52)54)55-43-20-10-15-25-48(43)58(49-26-16-11-21-44(49)55)50-27-17-12-22-45(50)56-46-23-13-18-28-51(46)58/h9-36H,1-8H3. The molecule has 5 heteroatoms. The van der Waals surface area contributed by atoms with Crippen molar-refractivity contribution >= 4 is 99.2 Å². The molecule has 0 N–H and O–H groups in total. The highest BCUT2D eigenvalue weighted by atomic mass is 32.2. The molecular weight excluding hydrogens is 750 g/mol. The van der Waals surface area contributed by atoms with E-state index in [1.165, 1.54) is 80.7 Å². The lowest BCUT2D eigenvalue weighted by Gasteiger charge is -2.47. The fraction of sp³-hybridized carbons (Fsp3) is 0.208. The summed E-state index contributed by atoms with van der Waals surface area (Å²) in [4.78, 5) is 5.40. The molecule has 0 saturated heterocycles. The molecule has 1 nitrogen and oxygen atoms in total. The van der Waals surface area contributed by atoms with E-state index in [0.29, 0.717) is 17.8 Å². The van der Waals surface area contributed by atoms with Crippen LogP contribution < -0.4 is 52.4 Å². The number of anilines is 3. The molecule has 3 heterocycles. The first-order valence-electron chi connectivity index (χ1n) is 21.3. The second-order valence-corrected chi connectivity index (χ2v) is 27.3. The lowest BCUT2D eigenvalue weighted by atomic mass is 9.34. The Morgan fingerprint density at radius 3 is 1.47 bits per heavy atom. The molecule has 58 heavy (non-hydrogen) atoms. The van der Waals surface area contributed by atoms with Gasteiger partial charge < -0.3 is 4.90 Å². The van der Waals surface area contributed by atoms with Crippen molar-refractivity contribution in [1.29, 1.82) is 0 Å². The maximum absolute atomic E-state index is 2.69. The Morgan fingerprint density at radius 1 is 0.466 bits per heavy atom. The lowest BCUT2D eigenvalue weighted by Crippen LogP contribution is -2.78. The molecule has 7 aromatic rings. The van der Waals surface area contributed by atoms with Crippen molar-refractivity contribution in [2.24, 2.45) is 0 Å². The molecule has 7 aromatic carbocycles. The maximum Gasteiger partial charge on any atom is 0.241 e. The molecule has 0 unspecified atom stereocenters. The van der Waals surface area contributed by atoms with Crippen LogP contribution in [0.5, 0.6) is 0 Å². The summed E-state index contributed by atoms with van der Waals surface area (Å²) in [6.07, 6.45) is 0. The van der Waals surface area contributed by atoms with Gasteiger partial charge >= 0.3 is 0 Å². The average Bonchev–Trinajstić information content (AvgIpc) is 3.23. The van der Waals surface area contributed by atoms with Crippen LogP contribution in [-0.4, -0.2) is 22.9 Å². The minimum atomic E-state index is -2.69. The number of para-hydroxylation sites is 2. The first-order valence-corrected chi connectivity index (χ1v) is 27.1. The Balaban J connectivity index is 1.24. The van der Waals surface area contributed by atoms with E-state index in [1.54, 1.807) is 10.4 Å². The van der Waals surface area contributed by atoms with Crippen LogP contribution in [-0.2, 0) is 0 Å². The highest BCUT2D eigenvalue weighted by Gasteiger charge is 2.53. The quantitative estimate of drug-likeness (QED) is 0.161. The van der Waals surface area contributed by atoms with Crippen LogP contribution in [0.25, 0.3) is 0 Å². The molecule has 0 aromatic heterocycles. The summed E-state index contributed by atoms with van der Waals surface area (Å²) in [5.74, 6) is 1.31. The fourth-order valence-corrected chi connectivity index (χ4v) is 21.4. The summed E-state index contributed by atoms with van der Waals surface area (Å²) in [6.45, 7) is 19.6. The van der Waals surface area contributed by atoms with Gasteiger partial charge in [0.15, 0.2) is 8.07 Å². The average molecular weight is 802 g/mol. The van der Waals surface area contributed by atoms with Crippen LogP contribution in [0.1, 0.15) is 76.0 Å². The highest BCUT2D eigenvalue weighted by molar-refractivity contribution is 8.00. The Labute approximate surface area is 352 Å². The van der Waals surface area contributed by atoms with Gasteiger partial charge in [-0.15, -0.1) is 0 Å². The molecule has 0 bridgehead atoms. The Hall–Kier alpha value is -4.81. The highest BCUT2D eigenvalue weighted by Crippen LogP contribution is 2.42. The summed E-state index contributed by atoms with van der Waals surface area (Å²) in [5, 5.41) is 9.08. The molecule has 0 amide bonds. The van der Waals surface area contributed by atoms with Gasteiger partial charge in [-0.3, -0.25) is 0 Å². The van der Waals surface area contributed by atoms with E-state index in [-0.39, 0.29) is 6.71 Å². The second kappa shape index (κ2) is 13.9. The summed E-state index contributed by atoms with van der Waals surface area (Å²) in [7, 11) is -4.84. The van der Waals surface area contributed by atoms with E-state index in [2.05, 4.69) is 211 Å². The molecule has 0 radical (unpaired) electrons. The Bertz CT molecular complexity index is 2640. The van der Waals surface area contributed by atoms with Crippen LogP contribution in [0, 0.1) is 0 Å². The SMILES string of the molecule is CC(C)c1cc(C(C)C)c(B2c3ccccc3[Si](C)(C)c3cc(N4c5ccccc5[Si]5(c6ccccc6Sc6ccccc65)c5ccccc54)ccc32)c(C(C)C)c1. The fourth-order valence-electron chi connectivity index (χ4n) is 10.9. The smallest absolute Gasteiger partial charge is 0.241 e. The van der Waals surface area contributed by atoms with Gasteiger partial charge in [0.05, 0.1) is 0 Å². The molecule has 3 aliphatic rings. The first-order chi connectivity index (χ1) is 28.0. The van der Waals surface area contributed by atoms with E-state index in [9.17, 15) is 0 Å². The van der Waals surface area contributed by atoms with Gasteiger partial charge in [-0.05, 0) is 91.6 Å². The summed E-state index contributed by atoms with van der Waals surface area (Å²) in [5.41, 5.74) is 12.9. The number of benzene rings is 7. The van der Waals surface area contributed by atoms with Crippen LogP contribution in [0.3, 0.4) is 0 Å². The lowest BCUT2D eigenvalue weighted by molar-refractivity contribution is 0.812. The normalized spacial score (nSPS) is 15.5. The molecule has 0 saturated carbocycles. The number of fused-ring (bicyclic) bond motifs is 10. The monoisotopic (exact) mass is 801 g/mol. The van der Waals surface area contributed by atoms with Gasteiger partial charge in [-0.2, -0.15) is 0 Å². The molecule has 0 fully saturated rings. The third kappa shape index (κ3) is 5.35. The van der Waals surface area contributed by atoms with Gasteiger partial charge in [0.2, 0.25) is 6.71 Å². The van der Waals surface area contributed by atoms with Gasteiger partial charge in [0.1, 0.15) is 8.07 Å². The molecule has 0 atom stereocenters. The van der Waals surface area contributed by atoms with Gasteiger partial charge in [0.25, 0.3) is 0 Å². The predicted octanol–water partition coefficient (Wildman–Crippen LogP) is 8.33. The van der Waals surface area contributed by atoms with Crippen LogP contribution >= 0.6 is 11.8 Å². The topological polar surface area (TPSA) is 3.24 Å². The number of hydrogen-bond acceptors (Lipinski definition) is 2. The first kappa shape index (κ1) is 37.5. The predicted molar refractivity (Wildman–Crippen MR) is 259 cm³/mol. The minimum Gasteiger partial charge on any atom is -0.311 e. The molecule has 286 valence electrons. The van der Waals surface area contributed by atoms with Gasteiger partial charge in [-0.1, -0.05) is 208 Å². The van der Waals surface area contributed by atoms with Crippen molar-refractivity contribution in [2.75, 3.05) is 4.90 Å². The van der Waals surface area contributed by atoms with E-state index in [1.807, 2.05) is 11.8 Å². The Morgan fingerprint density at radius 2 is 0.931 bits per heavy atom. The number of hydrogen-bond donors (Lipinski definition) is 0. The van der Waals surface area contributed by atoms with Crippen molar-refractivity contribution < 1.29 is 0 Å².